The molecule has 0 atom stereocenters. The van der Waals surface area contributed by atoms with Crippen LogP contribution >= 0.6 is 0 Å². The van der Waals surface area contributed by atoms with Crippen molar-refractivity contribution in [1.82, 2.24) is 5.32 Å². The van der Waals surface area contributed by atoms with Crippen LogP contribution in [0.25, 0.3) is 5.32 Å². The van der Waals surface area contributed by atoms with E-state index in [0.29, 0.717) is 0 Å². The van der Waals surface area contributed by atoms with Gasteiger partial charge in [0.1, 0.15) is 0 Å². The van der Waals surface area contributed by atoms with E-state index >= 15 is 0 Å². The summed E-state index contributed by atoms with van der Waals surface area (Å²) in [5, 5.41) is 7.31. The van der Waals surface area contributed by atoms with Gasteiger partial charge in [-0.1, -0.05) is 0 Å². The summed E-state index contributed by atoms with van der Waals surface area (Å²) in [6.45, 7) is 4.19. The topological polar surface area (TPSA) is 26.1 Å². The fourth-order valence-corrected chi connectivity index (χ4v) is 0.553. The first kappa shape index (κ1) is 16.7. The minimum absolute atomic E-state index is 0. The molecule has 0 aromatic rings. The van der Waals surface area contributed by atoms with E-state index in [2.05, 4.69) is 10.6 Å². The van der Waals surface area contributed by atoms with E-state index in [0.717, 1.165) is 26.2 Å². The third-order valence-corrected chi connectivity index (χ3v) is 0.893. The van der Waals surface area contributed by atoms with Gasteiger partial charge in [0.15, 0.2) is 0 Å². The van der Waals surface area contributed by atoms with Crippen LogP contribution in [0, 0.1) is 0 Å². The molecule has 1 heterocycles. The molecule has 0 aromatic heterocycles. The molecule has 0 aliphatic carbocycles. The van der Waals surface area contributed by atoms with Gasteiger partial charge in [-0.2, -0.15) is 0 Å². The first-order valence-corrected chi connectivity index (χ1v) is 2.34. The molecule has 1 fully saturated rings. The molecule has 0 saturated carbocycles. The Hall–Kier alpha value is 1.21. The molecule has 1 rings (SSSR count). The number of nitrogens with one attached hydrogen (secondary N) is 1. The number of halogens is 2. The van der Waals surface area contributed by atoms with Gasteiger partial charge < -0.3 is 35.4 Å². The summed E-state index contributed by atoms with van der Waals surface area (Å²) < 4.78 is 0. The van der Waals surface area contributed by atoms with Crippen LogP contribution < -0.4 is 30.1 Å². The zero-order valence-electron chi connectivity index (χ0n) is 5.03. The first-order valence-electron chi connectivity index (χ1n) is 2.34. The third kappa shape index (κ3) is 9.21. The Balaban J connectivity index is -0.000000120. The summed E-state index contributed by atoms with van der Waals surface area (Å²) in [6.07, 6.45) is 0. The average Bonchev–Trinajstić information content (AvgIpc) is 1.72. The van der Waals surface area contributed by atoms with E-state index < -0.39 is 0 Å². The van der Waals surface area contributed by atoms with Crippen molar-refractivity contribution >= 4 is 0 Å². The fourth-order valence-electron chi connectivity index (χ4n) is 0.553. The van der Waals surface area contributed by atoms with Crippen LogP contribution in [0.2, 0.25) is 0 Å². The second-order valence-corrected chi connectivity index (χ2v) is 1.42. The Labute approximate surface area is 83.2 Å². The molecule has 1 N–H and O–H groups in total. The van der Waals surface area contributed by atoms with Gasteiger partial charge in [0.25, 0.3) is 0 Å². The maximum absolute atomic E-state index is 4.11. The summed E-state index contributed by atoms with van der Waals surface area (Å²) in [7, 11) is 0. The summed E-state index contributed by atoms with van der Waals surface area (Å²) in [5.41, 5.74) is 0. The minimum atomic E-state index is 0. The van der Waals surface area contributed by atoms with E-state index in [9.17, 15) is 0 Å². The summed E-state index contributed by atoms with van der Waals surface area (Å²) in [4.78, 5) is 0. The van der Waals surface area contributed by atoms with Crippen molar-refractivity contribution in [3.05, 3.63) is 5.32 Å². The molecule has 1 aliphatic rings. The molecule has 2 nitrogen and oxygen atoms in total. The Morgan fingerprint density at radius 2 is 1.44 bits per heavy atom. The van der Waals surface area contributed by atoms with Crippen molar-refractivity contribution in [3.63, 3.8) is 0 Å². The third-order valence-electron chi connectivity index (χ3n) is 0.893. The van der Waals surface area contributed by atoms with Crippen LogP contribution in [0.3, 0.4) is 0 Å². The van der Waals surface area contributed by atoms with Crippen molar-refractivity contribution in [3.8, 4) is 0 Å². The molecule has 1 aliphatic heterocycles. The smallest absolute Gasteiger partial charge is 1.00 e. The zero-order chi connectivity index (χ0) is 4.24. The molecule has 0 bridgehead atoms. The molecular weight excluding hydrogens is 195 g/mol. The summed E-state index contributed by atoms with van der Waals surface area (Å²) in [5.74, 6) is 0. The molecule has 1 radical (unpaired) electrons. The first-order chi connectivity index (χ1) is 3.00. The maximum atomic E-state index is 4.11. The largest absolute Gasteiger partial charge is 3.00 e. The van der Waals surface area contributed by atoms with Crippen molar-refractivity contribution in [2.24, 2.45) is 0 Å². The van der Waals surface area contributed by atoms with Crippen molar-refractivity contribution in [2.75, 3.05) is 26.2 Å². The van der Waals surface area contributed by atoms with Gasteiger partial charge in [0.05, 0.1) is 0 Å². The Morgan fingerprint density at radius 1 is 1.00 bits per heavy atom. The molecule has 53 valence electrons. The molecule has 9 heavy (non-hydrogen) atoms. The predicted molar refractivity (Wildman–Crippen MR) is 26.0 cm³/mol. The van der Waals surface area contributed by atoms with Gasteiger partial charge in [0, 0.05) is 0 Å². The van der Waals surface area contributed by atoms with Gasteiger partial charge in [0.2, 0.25) is 0 Å². The van der Waals surface area contributed by atoms with E-state index in [1.165, 1.54) is 0 Å². The van der Waals surface area contributed by atoms with E-state index in [4.69, 9.17) is 0 Å². The number of piperazine rings is 1. The number of hydrogen-bond acceptors (Lipinski definition) is 1. The van der Waals surface area contributed by atoms with Crippen LogP contribution in [0.5, 0.6) is 0 Å². The van der Waals surface area contributed by atoms with Crippen molar-refractivity contribution in [1.29, 1.82) is 0 Å². The summed E-state index contributed by atoms with van der Waals surface area (Å²) >= 11 is 0. The predicted octanol–water partition coefficient (Wildman–Crippen LogP) is -6.03. The van der Waals surface area contributed by atoms with Gasteiger partial charge in [-0.3, -0.25) is 0 Å². The average molecular weight is 204 g/mol. The zero-order valence-corrected chi connectivity index (χ0v) is 8.10. The monoisotopic (exact) mass is 203 g/mol. The number of rotatable bonds is 0. The molecule has 0 unspecified atom stereocenters. The normalized spacial score (nSPS) is 16.0. The standard InChI is InChI=1S/C4H9N2.2ClH.Ti/c1-2-6-4-3-5-1;;;/h5H,1-4H2;2*1H;/q-1;;;+3/p-2. The maximum Gasteiger partial charge on any atom is 3.00 e. The van der Waals surface area contributed by atoms with Crippen LogP contribution in [-0.2, 0) is 21.7 Å². The van der Waals surface area contributed by atoms with Crippen LogP contribution in [0.1, 0.15) is 0 Å². The SMILES string of the molecule is C1CNCC[N-]1.[Cl-].[Cl-].[Ti+3]. The van der Waals surface area contributed by atoms with E-state index in [-0.39, 0.29) is 46.5 Å². The summed E-state index contributed by atoms with van der Waals surface area (Å²) in [6, 6.07) is 0. The van der Waals surface area contributed by atoms with Crippen LogP contribution in [-0.4, -0.2) is 26.2 Å². The minimum Gasteiger partial charge on any atom is -1.00 e. The van der Waals surface area contributed by atoms with Gasteiger partial charge in [-0.05, 0) is 13.1 Å². The van der Waals surface area contributed by atoms with Crippen LogP contribution in [0.4, 0.5) is 0 Å². The molecular formula is C4H9Cl2N2Ti. The number of hydrogen-bond donors (Lipinski definition) is 1. The number of nitrogens with zero attached hydrogens (tertiary/aromatic N) is 1. The van der Waals surface area contributed by atoms with Gasteiger partial charge >= 0.3 is 21.7 Å². The van der Waals surface area contributed by atoms with Gasteiger partial charge in [-0.25, -0.2) is 0 Å². The fraction of sp³-hybridized carbons (Fsp3) is 1.00. The second-order valence-electron chi connectivity index (χ2n) is 1.42. The second kappa shape index (κ2) is 11.9. The van der Waals surface area contributed by atoms with Crippen molar-refractivity contribution in [2.45, 2.75) is 0 Å². The Kier molecular flexibility index (Phi) is 22.1. The molecule has 5 heteroatoms. The van der Waals surface area contributed by atoms with Gasteiger partial charge in [-0.15, -0.1) is 13.1 Å². The Morgan fingerprint density at radius 3 is 1.56 bits per heavy atom. The molecule has 0 aromatic carbocycles. The molecule has 1 saturated heterocycles. The molecule has 0 spiro atoms. The van der Waals surface area contributed by atoms with Crippen molar-refractivity contribution < 1.29 is 46.5 Å². The van der Waals surface area contributed by atoms with Crippen LogP contribution in [0.15, 0.2) is 0 Å². The van der Waals surface area contributed by atoms with E-state index in [1.807, 2.05) is 0 Å². The Bertz CT molecular complexity index is 32.0. The van der Waals surface area contributed by atoms with E-state index in [1.54, 1.807) is 0 Å². The molecule has 0 amide bonds. The quantitative estimate of drug-likeness (QED) is 0.390.